The molecule has 2 aliphatic rings. The van der Waals surface area contributed by atoms with Gasteiger partial charge in [-0.1, -0.05) is 0 Å². The summed E-state index contributed by atoms with van der Waals surface area (Å²) in [6.07, 6.45) is 3.77. The standard InChI is InChI=1S/C18H32N4O4/c1-14(23)19-12-17(25)22-8-3-6-18(26,7-11-22)13-21-9-4-16(5-10-21)20-15(2)24/h16,26H,3-13H2,1-2H3,(H,19,23)(H,20,24)/t18-/m1/s1. The molecule has 0 unspecified atom stereocenters. The number of nitrogens with zero attached hydrogens (tertiary/aromatic N) is 2. The fourth-order valence-corrected chi connectivity index (χ4v) is 3.84. The van der Waals surface area contributed by atoms with Gasteiger partial charge in [-0.15, -0.1) is 0 Å². The Kier molecular flexibility index (Phi) is 7.40. The smallest absolute Gasteiger partial charge is 0.241 e. The minimum absolute atomic E-state index is 0.00914. The van der Waals surface area contributed by atoms with E-state index < -0.39 is 5.60 Å². The second kappa shape index (κ2) is 9.32. The van der Waals surface area contributed by atoms with Crippen LogP contribution in [0, 0.1) is 0 Å². The summed E-state index contributed by atoms with van der Waals surface area (Å²) in [6, 6.07) is 0.231. The summed E-state index contributed by atoms with van der Waals surface area (Å²) >= 11 is 0. The van der Waals surface area contributed by atoms with E-state index in [9.17, 15) is 19.5 Å². The van der Waals surface area contributed by atoms with Gasteiger partial charge in [0.05, 0.1) is 12.1 Å². The van der Waals surface area contributed by atoms with E-state index in [0.29, 0.717) is 32.5 Å². The maximum absolute atomic E-state index is 12.2. The summed E-state index contributed by atoms with van der Waals surface area (Å²) in [5.41, 5.74) is -0.788. The van der Waals surface area contributed by atoms with Crippen LogP contribution in [0.5, 0.6) is 0 Å². The second-order valence-electron chi connectivity index (χ2n) is 7.62. The molecule has 2 fully saturated rings. The second-order valence-corrected chi connectivity index (χ2v) is 7.62. The zero-order chi connectivity index (χ0) is 19.2. The molecule has 2 rings (SSSR count). The first-order valence-electron chi connectivity index (χ1n) is 9.51. The molecule has 8 nitrogen and oxygen atoms in total. The molecule has 26 heavy (non-hydrogen) atoms. The van der Waals surface area contributed by atoms with E-state index in [-0.39, 0.29) is 30.3 Å². The number of β-amino-alcohol motifs (C(OH)–C–C–N with tert-alkyl or cyclic N) is 1. The maximum atomic E-state index is 12.2. The molecule has 0 aromatic rings. The minimum atomic E-state index is -0.788. The summed E-state index contributed by atoms with van der Waals surface area (Å²) in [7, 11) is 0. The number of likely N-dealkylation sites (tertiary alicyclic amines) is 2. The minimum Gasteiger partial charge on any atom is -0.388 e. The molecule has 8 heteroatoms. The average Bonchev–Trinajstić information content (AvgIpc) is 2.76. The zero-order valence-electron chi connectivity index (χ0n) is 15.9. The van der Waals surface area contributed by atoms with Crippen LogP contribution in [0.4, 0.5) is 0 Å². The van der Waals surface area contributed by atoms with Gasteiger partial charge in [-0.05, 0) is 32.1 Å². The highest BCUT2D eigenvalue weighted by molar-refractivity contribution is 5.83. The van der Waals surface area contributed by atoms with Crippen LogP contribution in [-0.4, -0.2) is 83.5 Å². The van der Waals surface area contributed by atoms with Crippen LogP contribution in [0.2, 0.25) is 0 Å². The van der Waals surface area contributed by atoms with E-state index in [2.05, 4.69) is 15.5 Å². The SMILES string of the molecule is CC(=O)NCC(=O)N1CCC[C@](O)(CN2CCC(NC(C)=O)CC2)CC1. The molecule has 0 radical (unpaired) electrons. The molecule has 2 aliphatic heterocycles. The maximum Gasteiger partial charge on any atom is 0.241 e. The molecule has 0 aromatic heterocycles. The fraction of sp³-hybridized carbons (Fsp3) is 0.833. The number of rotatable bonds is 5. The van der Waals surface area contributed by atoms with Crippen molar-refractivity contribution in [3.05, 3.63) is 0 Å². The molecule has 0 saturated carbocycles. The van der Waals surface area contributed by atoms with Crippen molar-refractivity contribution in [3.63, 3.8) is 0 Å². The van der Waals surface area contributed by atoms with Gasteiger partial charge in [0.25, 0.3) is 0 Å². The van der Waals surface area contributed by atoms with Gasteiger partial charge in [0, 0.05) is 52.6 Å². The summed E-state index contributed by atoms with van der Waals surface area (Å²) in [5, 5.41) is 16.5. The van der Waals surface area contributed by atoms with E-state index in [1.165, 1.54) is 6.92 Å². The van der Waals surface area contributed by atoms with Crippen molar-refractivity contribution in [2.75, 3.05) is 39.3 Å². The number of piperidine rings is 1. The third-order valence-corrected chi connectivity index (χ3v) is 5.27. The van der Waals surface area contributed by atoms with Crippen molar-refractivity contribution in [2.45, 2.75) is 57.6 Å². The van der Waals surface area contributed by atoms with Gasteiger partial charge in [-0.2, -0.15) is 0 Å². The number of amides is 3. The summed E-state index contributed by atoms with van der Waals surface area (Å²) in [4.78, 5) is 38.3. The zero-order valence-corrected chi connectivity index (χ0v) is 15.9. The highest BCUT2D eigenvalue weighted by Gasteiger charge is 2.34. The Bertz CT molecular complexity index is 519. The van der Waals surface area contributed by atoms with E-state index in [4.69, 9.17) is 0 Å². The van der Waals surface area contributed by atoms with Crippen molar-refractivity contribution in [1.29, 1.82) is 0 Å². The van der Waals surface area contributed by atoms with Crippen LogP contribution in [-0.2, 0) is 14.4 Å². The normalized spacial score (nSPS) is 25.4. The van der Waals surface area contributed by atoms with E-state index >= 15 is 0 Å². The molecule has 148 valence electrons. The predicted molar refractivity (Wildman–Crippen MR) is 97.3 cm³/mol. The molecular weight excluding hydrogens is 336 g/mol. The van der Waals surface area contributed by atoms with Gasteiger partial charge in [0.2, 0.25) is 17.7 Å². The Morgan fingerprint density at radius 2 is 1.73 bits per heavy atom. The number of carbonyl (C=O) groups is 3. The van der Waals surface area contributed by atoms with Crippen molar-refractivity contribution in [1.82, 2.24) is 20.4 Å². The Labute approximate surface area is 155 Å². The fourth-order valence-electron chi connectivity index (χ4n) is 3.84. The summed E-state index contributed by atoms with van der Waals surface area (Å²) in [6.45, 7) is 6.40. The van der Waals surface area contributed by atoms with Gasteiger partial charge in [-0.25, -0.2) is 0 Å². The van der Waals surface area contributed by atoms with Gasteiger partial charge < -0.3 is 25.5 Å². The van der Waals surface area contributed by atoms with Crippen molar-refractivity contribution in [2.24, 2.45) is 0 Å². The molecule has 1 atom stereocenters. The van der Waals surface area contributed by atoms with E-state index in [1.807, 2.05) is 0 Å². The van der Waals surface area contributed by atoms with Crippen LogP contribution >= 0.6 is 0 Å². The first kappa shape index (κ1) is 20.6. The van der Waals surface area contributed by atoms with Crippen molar-refractivity contribution >= 4 is 17.7 Å². The summed E-state index contributed by atoms with van der Waals surface area (Å²) < 4.78 is 0. The molecule has 0 aromatic carbocycles. The van der Waals surface area contributed by atoms with Crippen LogP contribution < -0.4 is 10.6 Å². The number of aliphatic hydroxyl groups is 1. The molecule has 2 saturated heterocycles. The van der Waals surface area contributed by atoms with Crippen LogP contribution in [0.25, 0.3) is 0 Å². The largest absolute Gasteiger partial charge is 0.388 e. The highest BCUT2D eigenvalue weighted by Crippen LogP contribution is 2.25. The Morgan fingerprint density at radius 1 is 1.04 bits per heavy atom. The number of hydrogen-bond acceptors (Lipinski definition) is 5. The highest BCUT2D eigenvalue weighted by atomic mass is 16.3. The lowest BCUT2D eigenvalue weighted by molar-refractivity contribution is -0.132. The molecule has 3 N–H and O–H groups in total. The van der Waals surface area contributed by atoms with Gasteiger partial charge in [0.15, 0.2) is 0 Å². The number of hydrogen-bond donors (Lipinski definition) is 3. The van der Waals surface area contributed by atoms with Crippen LogP contribution in [0.15, 0.2) is 0 Å². The topological polar surface area (TPSA) is 102 Å². The lowest BCUT2D eigenvalue weighted by Crippen LogP contribution is -2.50. The lowest BCUT2D eigenvalue weighted by atomic mass is 9.93. The first-order chi connectivity index (χ1) is 12.3. The van der Waals surface area contributed by atoms with Crippen molar-refractivity contribution < 1.29 is 19.5 Å². The first-order valence-corrected chi connectivity index (χ1v) is 9.51. The quantitative estimate of drug-likeness (QED) is 0.605. The lowest BCUT2D eigenvalue weighted by Gasteiger charge is -2.38. The number of nitrogens with one attached hydrogen (secondary N) is 2. The van der Waals surface area contributed by atoms with Crippen LogP contribution in [0.3, 0.4) is 0 Å². The van der Waals surface area contributed by atoms with Crippen molar-refractivity contribution in [3.8, 4) is 0 Å². The van der Waals surface area contributed by atoms with Gasteiger partial charge in [0.1, 0.15) is 0 Å². The van der Waals surface area contributed by atoms with E-state index in [0.717, 1.165) is 32.4 Å². The molecule has 2 heterocycles. The summed E-state index contributed by atoms with van der Waals surface area (Å²) in [5.74, 6) is -0.303. The predicted octanol–water partition coefficient (Wildman–Crippen LogP) is -0.533. The monoisotopic (exact) mass is 368 g/mol. The molecular formula is C18H32N4O4. The third-order valence-electron chi connectivity index (χ3n) is 5.27. The number of carbonyl (C=O) groups excluding carboxylic acids is 3. The molecule has 0 bridgehead atoms. The Hall–Kier alpha value is -1.67. The third kappa shape index (κ3) is 6.57. The molecule has 3 amide bonds. The van der Waals surface area contributed by atoms with E-state index in [1.54, 1.807) is 11.8 Å². The van der Waals surface area contributed by atoms with Gasteiger partial charge in [-0.3, -0.25) is 14.4 Å². The Morgan fingerprint density at radius 3 is 2.35 bits per heavy atom. The van der Waals surface area contributed by atoms with Crippen LogP contribution in [0.1, 0.15) is 46.0 Å². The molecule has 0 spiro atoms. The average molecular weight is 368 g/mol. The van der Waals surface area contributed by atoms with Gasteiger partial charge >= 0.3 is 0 Å². The molecule has 0 aliphatic carbocycles. The Balaban J connectivity index is 1.79.